The SMILES string of the molecule is O=c1/c(=C/c2c[nH]c3ccccc23)sc2n1C(c1ccccc1)C1=C(N=2)c2ccccc2CC1. The predicted molar refractivity (Wildman–Crippen MR) is 137 cm³/mol. The van der Waals surface area contributed by atoms with Crippen LogP contribution in [0.15, 0.2) is 100 Å². The second-order valence-electron chi connectivity index (χ2n) is 8.81. The summed E-state index contributed by atoms with van der Waals surface area (Å²) in [6.45, 7) is 0. The molecule has 5 heteroatoms. The van der Waals surface area contributed by atoms with Crippen LogP contribution in [0.2, 0.25) is 0 Å². The summed E-state index contributed by atoms with van der Waals surface area (Å²) >= 11 is 1.48. The van der Waals surface area contributed by atoms with E-state index in [1.807, 2.05) is 47.2 Å². The van der Waals surface area contributed by atoms with Gasteiger partial charge in [-0.05, 0) is 41.7 Å². The van der Waals surface area contributed by atoms with Gasteiger partial charge in [-0.15, -0.1) is 0 Å². The minimum Gasteiger partial charge on any atom is -0.361 e. The second-order valence-corrected chi connectivity index (χ2v) is 9.82. The van der Waals surface area contributed by atoms with Crippen molar-refractivity contribution >= 4 is 34.0 Å². The Balaban J connectivity index is 1.50. The third-order valence-electron chi connectivity index (χ3n) is 6.90. The fraction of sp³-hybridized carbons (Fsp3) is 0.103. The molecule has 164 valence electrons. The molecule has 1 aliphatic carbocycles. The number of para-hydroxylation sites is 1. The minimum absolute atomic E-state index is 0.0216. The number of aromatic amines is 1. The lowest BCUT2D eigenvalue weighted by atomic mass is 9.83. The molecular weight excluding hydrogens is 438 g/mol. The Kier molecular flexibility index (Phi) is 4.32. The van der Waals surface area contributed by atoms with Crippen LogP contribution in [0, 0.1) is 0 Å². The maximum Gasteiger partial charge on any atom is 0.271 e. The molecule has 0 amide bonds. The van der Waals surface area contributed by atoms with Crippen molar-refractivity contribution in [3.05, 3.63) is 133 Å². The van der Waals surface area contributed by atoms with Gasteiger partial charge in [0.05, 0.1) is 16.3 Å². The van der Waals surface area contributed by atoms with E-state index in [0.717, 1.165) is 45.4 Å². The Hall–Kier alpha value is -3.96. The van der Waals surface area contributed by atoms with Crippen LogP contribution in [-0.2, 0) is 6.42 Å². The van der Waals surface area contributed by atoms with E-state index in [0.29, 0.717) is 4.53 Å². The number of rotatable bonds is 2. The minimum atomic E-state index is -0.133. The van der Waals surface area contributed by atoms with E-state index >= 15 is 0 Å². The van der Waals surface area contributed by atoms with E-state index in [4.69, 9.17) is 4.99 Å². The third kappa shape index (κ3) is 2.90. The smallest absolute Gasteiger partial charge is 0.271 e. The van der Waals surface area contributed by atoms with E-state index in [1.165, 1.54) is 28.0 Å². The lowest BCUT2D eigenvalue weighted by molar-refractivity contribution is 0.585. The molecule has 2 aromatic heterocycles. The normalized spacial score (nSPS) is 17.3. The van der Waals surface area contributed by atoms with Crippen LogP contribution in [0.1, 0.15) is 34.7 Å². The summed E-state index contributed by atoms with van der Waals surface area (Å²) in [5, 5.41) is 1.11. The molecule has 0 saturated heterocycles. The number of thiazole rings is 1. The maximum absolute atomic E-state index is 13.8. The number of nitrogens with zero attached hydrogens (tertiary/aromatic N) is 2. The predicted octanol–water partition coefficient (Wildman–Crippen LogP) is 4.80. The maximum atomic E-state index is 13.8. The molecule has 3 heterocycles. The van der Waals surface area contributed by atoms with Gasteiger partial charge in [0.1, 0.15) is 0 Å². The molecule has 5 aromatic rings. The van der Waals surface area contributed by atoms with Gasteiger partial charge >= 0.3 is 0 Å². The van der Waals surface area contributed by atoms with Gasteiger partial charge in [0.2, 0.25) is 0 Å². The first-order valence-electron chi connectivity index (χ1n) is 11.5. The van der Waals surface area contributed by atoms with Gasteiger partial charge < -0.3 is 4.98 Å². The van der Waals surface area contributed by atoms with Gasteiger partial charge in [-0.3, -0.25) is 9.36 Å². The first-order chi connectivity index (χ1) is 16.8. The number of hydrogen-bond donors (Lipinski definition) is 1. The molecule has 1 atom stereocenters. The van der Waals surface area contributed by atoms with E-state index in [2.05, 4.69) is 53.5 Å². The molecule has 34 heavy (non-hydrogen) atoms. The van der Waals surface area contributed by atoms with E-state index in [-0.39, 0.29) is 11.6 Å². The molecular formula is C29H21N3OS. The Bertz CT molecular complexity index is 1790. The van der Waals surface area contributed by atoms with Gasteiger partial charge in [-0.25, -0.2) is 4.99 Å². The summed E-state index contributed by atoms with van der Waals surface area (Å²) in [6, 6.07) is 26.9. The van der Waals surface area contributed by atoms with E-state index < -0.39 is 0 Å². The summed E-state index contributed by atoms with van der Waals surface area (Å²) < 4.78 is 2.62. The highest BCUT2D eigenvalue weighted by Gasteiger charge is 2.32. The Morgan fingerprint density at radius 1 is 0.941 bits per heavy atom. The Morgan fingerprint density at radius 2 is 1.74 bits per heavy atom. The molecule has 7 rings (SSSR count). The van der Waals surface area contributed by atoms with Crippen molar-refractivity contribution in [2.24, 2.45) is 4.99 Å². The zero-order valence-electron chi connectivity index (χ0n) is 18.4. The van der Waals surface area contributed by atoms with Crippen LogP contribution in [0.3, 0.4) is 0 Å². The first kappa shape index (κ1) is 19.5. The highest BCUT2D eigenvalue weighted by molar-refractivity contribution is 7.07. The zero-order valence-corrected chi connectivity index (χ0v) is 19.2. The van der Waals surface area contributed by atoms with Crippen LogP contribution in [-0.4, -0.2) is 9.55 Å². The largest absolute Gasteiger partial charge is 0.361 e. The number of nitrogens with one attached hydrogen (secondary N) is 1. The summed E-state index contributed by atoms with van der Waals surface area (Å²) in [7, 11) is 0. The van der Waals surface area contributed by atoms with Crippen LogP contribution < -0.4 is 14.9 Å². The van der Waals surface area contributed by atoms with Crippen molar-refractivity contribution in [3.8, 4) is 0 Å². The van der Waals surface area contributed by atoms with Crippen LogP contribution in [0.5, 0.6) is 0 Å². The quantitative estimate of drug-likeness (QED) is 0.405. The van der Waals surface area contributed by atoms with Crippen molar-refractivity contribution in [2.45, 2.75) is 18.9 Å². The van der Waals surface area contributed by atoms with Crippen molar-refractivity contribution < 1.29 is 0 Å². The molecule has 0 bridgehead atoms. The van der Waals surface area contributed by atoms with Gasteiger partial charge in [0.25, 0.3) is 5.56 Å². The number of benzene rings is 3. The standard InChI is InChI=1S/C29H21N3OS/c33-28-25(16-20-17-30-24-13-7-6-11-21(20)24)34-29-31-26-22-12-5-4-8-18(22)14-15-23(26)27(32(28)29)19-9-2-1-3-10-19/h1-13,16-17,27,30H,14-15H2/b25-16-. The second kappa shape index (κ2) is 7.54. The van der Waals surface area contributed by atoms with Crippen molar-refractivity contribution in [2.75, 3.05) is 0 Å². The lowest BCUT2D eigenvalue weighted by Gasteiger charge is -2.30. The molecule has 2 aliphatic rings. The molecule has 4 nitrogen and oxygen atoms in total. The number of hydrogen-bond acceptors (Lipinski definition) is 3. The topological polar surface area (TPSA) is 50.1 Å². The highest BCUT2D eigenvalue weighted by Crippen LogP contribution is 2.41. The number of aryl methyl sites for hydroxylation is 1. The number of allylic oxidation sites excluding steroid dienone is 1. The van der Waals surface area contributed by atoms with Gasteiger partial charge in [0.15, 0.2) is 4.80 Å². The molecule has 1 N–H and O–H groups in total. The highest BCUT2D eigenvalue weighted by atomic mass is 32.1. The monoisotopic (exact) mass is 459 g/mol. The molecule has 1 aliphatic heterocycles. The fourth-order valence-electron chi connectivity index (χ4n) is 5.31. The van der Waals surface area contributed by atoms with Crippen molar-refractivity contribution in [3.63, 3.8) is 0 Å². The molecule has 0 spiro atoms. The summed E-state index contributed by atoms with van der Waals surface area (Å²) in [5.74, 6) is 0. The van der Waals surface area contributed by atoms with Gasteiger partial charge in [-0.2, -0.15) is 0 Å². The average Bonchev–Trinajstić information content (AvgIpc) is 3.44. The van der Waals surface area contributed by atoms with Crippen LogP contribution >= 0.6 is 11.3 Å². The summed E-state index contributed by atoms with van der Waals surface area (Å²) in [6.07, 6.45) is 5.84. The number of aromatic nitrogens is 2. The Labute approximate surface area is 199 Å². The van der Waals surface area contributed by atoms with E-state index in [1.54, 1.807) is 0 Å². The van der Waals surface area contributed by atoms with Crippen LogP contribution in [0.25, 0.3) is 22.7 Å². The van der Waals surface area contributed by atoms with Crippen LogP contribution in [0.4, 0.5) is 0 Å². The van der Waals surface area contributed by atoms with E-state index in [9.17, 15) is 4.79 Å². The molecule has 1 unspecified atom stereocenters. The molecule has 3 aromatic carbocycles. The molecule has 0 fully saturated rings. The van der Waals surface area contributed by atoms with Gasteiger partial charge in [0, 0.05) is 28.2 Å². The number of fused-ring (bicyclic) bond motifs is 4. The zero-order chi connectivity index (χ0) is 22.6. The fourth-order valence-corrected chi connectivity index (χ4v) is 6.30. The summed E-state index contributed by atoms with van der Waals surface area (Å²) in [4.78, 5) is 23.0. The van der Waals surface area contributed by atoms with Crippen molar-refractivity contribution in [1.29, 1.82) is 0 Å². The lowest BCUT2D eigenvalue weighted by Crippen LogP contribution is -2.38. The summed E-state index contributed by atoms with van der Waals surface area (Å²) in [5.41, 5.74) is 8.03. The average molecular weight is 460 g/mol. The van der Waals surface area contributed by atoms with Crippen molar-refractivity contribution in [1.82, 2.24) is 9.55 Å². The molecule has 0 radical (unpaired) electrons. The third-order valence-corrected chi connectivity index (χ3v) is 7.88. The van der Waals surface area contributed by atoms with Gasteiger partial charge in [-0.1, -0.05) is 84.1 Å². The molecule has 0 saturated carbocycles. The first-order valence-corrected chi connectivity index (χ1v) is 12.3. The Morgan fingerprint density at radius 3 is 2.65 bits per heavy atom. The number of H-pyrrole nitrogens is 1.